The monoisotopic (exact) mass is 554 g/mol. The lowest BCUT2D eigenvalue weighted by molar-refractivity contribution is -0.106. The molecule has 0 spiro atoms. The molecular formula is C27H54N8O4. The normalized spacial score (nSPS) is 38.5. The third-order valence-corrected chi connectivity index (χ3v) is 9.37. The van der Waals surface area contributed by atoms with Crippen molar-refractivity contribution in [2.45, 2.75) is 121 Å². The van der Waals surface area contributed by atoms with E-state index >= 15 is 0 Å². The number of ether oxygens (including phenoxy) is 1. The van der Waals surface area contributed by atoms with Gasteiger partial charge in [0.05, 0.1) is 25.0 Å². The highest BCUT2D eigenvalue weighted by Crippen LogP contribution is 2.37. The fourth-order valence-corrected chi connectivity index (χ4v) is 6.67. The highest BCUT2D eigenvalue weighted by Gasteiger charge is 2.51. The van der Waals surface area contributed by atoms with Gasteiger partial charge in [0, 0.05) is 25.3 Å². The molecule has 3 heterocycles. The Hall–Kier alpha value is -1.09. The second kappa shape index (κ2) is 13.3. The van der Waals surface area contributed by atoms with Crippen molar-refractivity contribution in [1.29, 1.82) is 0 Å². The standard InChI is InChI=1S/C27H54N8O4/c1-6-17(32-26(38)33-18-9-7-16(8-10-18)27(2,3)4)11-12-34(5)13-19-21(36)22(37)25(39-19)35-15-31-20-23(28)29-14-30-24(20)35/h16-25,29-31,36-37H,6-15,28H2,1-5H3,(H2,32,33,38)/t16?,17?,18?,19?,20?,21-,22-,23?,24?,25?/m1/s1. The summed E-state index contributed by atoms with van der Waals surface area (Å²) in [5.41, 5.74) is 6.50. The average molecular weight is 555 g/mol. The van der Waals surface area contributed by atoms with E-state index < -0.39 is 24.5 Å². The molecule has 4 aliphatic rings. The van der Waals surface area contributed by atoms with Crippen LogP contribution in [0.1, 0.15) is 66.2 Å². The van der Waals surface area contributed by atoms with Gasteiger partial charge in [0.15, 0.2) is 0 Å². The molecule has 2 amide bonds. The first-order chi connectivity index (χ1) is 18.5. The highest BCUT2D eigenvalue weighted by molar-refractivity contribution is 5.74. The van der Waals surface area contributed by atoms with Crippen LogP contribution in [0.15, 0.2) is 0 Å². The number of hydrogen-bond acceptors (Lipinski definition) is 10. The number of carbonyl (C=O) groups excluding carboxylic acids is 1. The molecule has 8 atom stereocenters. The lowest BCUT2D eigenvalue weighted by Gasteiger charge is -2.38. The van der Waals surface area contributed by atoms with Gasteiger partial charge in [0.25, 0.3) is 0 Å². The van der Waals surface area contributed by atoms with Crippen molar-refractivity contribution in [2.24, 2.45) is 17.1 Å². The van der Waals surface area contributed by atoms with E-state index in [1.807, 2.05) is 11.9 Å². The topological polar surface area (TPSA) is 159 Å². The Morgan fingerprint density at radius 3 is 2.54 bits per heavy atom. The maximum atomic E-state index is 12.7. The number of aliphatic hydroxyl groups excluding tert-OH is 2. The zero-order valence-corrected chi connectivity index (χ0v) is 24.5. The molecule has 3 aliphatic heterocycles. The van der Waals surface area contributed by atoms with E-state index in [1.165, 1.54) is 0 Å². The first-order valence-corrected chi connectivity index (χ1v) is 15.0. The van der Waals surface area contributed by atoms with Gasteiger partial charge in [0.2, 0.25) is 0 Å². The number of urea groups is 1. The number of nitrogens with zero attached hydrogens (tertiary/aromatic N) is 2. The summed E-state index contributed by atoms with van der Waals surface area (Å²) in [6.07, 6.45) is 2.65. The van der Waals surface area contributed by atoms with Gasteiger partial charge in [-0.25, -0.2) is 9.69 Å². The van der Waals surface area contributed by atoms with Crippen LogP contribution in [0.5, 0.6) is 0 Å². The van der Waals surface area contributed by atoms with Gasteiger partial charge in [-0.1, -0.05) is 27.7 Å². The quantitative estimate of drug-likeness (QED) is 0.185. The van der Waals surface area contributed by atoms with Crippen molar-refractivity contribution in [3.8, 4) is 0 Å². The van der Waals surface area contributed by atoms with Gasteiger partial charge in [0.1, 0.15) is 24.5 Å². The summed E-state index contributed by atoms with van der Waals surface area (Å²) >= 11 is 0. The number of amides is 2. The first kappa shape index (κ1) is 30.9. The minimum absolute atomic E-state index is 0.0115. The molecule has 9 N–H and O–H groups in total. The summed E-state index contributed by atoms with van der Waals surface area (Å²) in [7, 11) is 1.98. The van der Waals surface area contributed by atoms with Crippen molar-refractivity contribution in [2.75, 3.05) is 33.5 Å². The molecule has 0 aromatic carbocycles. The molecule has 4 rings (SSSR count). The Morgan fingerprint density at radius 1 is 1.15 bits per heavy atom. The third kappa shape index (κ3) is 7.60. The molecule has 6 unspecified atom stereocenters. The minimum Gasteiger partial charge on any atom is -0.387 e. The number of hydrogen-bond donors (Lipinski definition) is 8. The van der Waals surface area contributed by atoms with Gasteiger partial charge < -0.3 is 36.2 Å². The molecule has 226 valence electrons. The van der Waals surface area contributed by atoms with Crippen LogP contribution in [-0.2, 0) is 4.74 Å². The van der Waals surface area contributed by atoms with E-state index in [4.69, 9.17) is 10.5 Å². The van der Waals surface area contributed by atoms with Crippen LogP contribution in [0.25, 0.3) is 0 Å². The second-order valence-corrected chi connectivity index (χ2v) is 13.2. The van der Waals surface area contributed by atoms with Crippen LogP contribution >= 0.6 is 0 Å². The highest BCUT2D eigenvalue weighted by atomic mass is 16.6. The largest absolute Gasteiger partial charge is 0.387 e. The van der Waals surface area contributed by atoms with Crippen molar-refractivity contribution in [1.82, 2.24) is 36.4 Å². The fourth-order valence-electron chi connectivity index (χ4n) is 6.67. The summed E-state index contributed by atoms with van der Waals surface area (Å²) in [5.74, 6) is 0.722. The molecule has 0 aromatic heterocycles. The third-order valence-electron chi connectivity index (χ3n) is 9.37. The minimum atomic E-state index is -1.01. The fraction of sp³-hybridized carbons (Fsp3) is 0.963. The second-order valence-electron chi connectivity index (χ2n) is 13.2. The Morgan fingerprint density at radius 2 is 1.87 bits per heavy atom. The van der Waals surface area contributed by atoms with Crippen LogP contribution < -0.4 is 32.3 Å². The van der Waals surface area contributed by atoms with Crippen molar-refractivity contribution in [3.05, 3.63) is 0 Å². The van der Waals surface area contributed by atoms with Crippen LogP contribution in [-0.4, -0.2) is 115 Å². The Bertz CT molecular complexity index is 792. The van der Waals surface area contributed by atoms with Crippen molar-refractivity contribution >= 4 is 6.03 Å². The number of aliphatic hydroxyl groups is 2. The van der Waals surface area contributed by atoms with Crippen molar-refractivity contribution < 1.29 is 19.7 Å². The number of rotatable bonds is 9. The molecule has 3 saturated heterocycles. The smallest absolute Gasteiger partial charge is 0.315 e. The van der Waals surface area contributed by atoms with Crippen LogP contribution in [0.4, 0.5) is 4.79 Å². The molecule has 0 bridgehead atoms. The van der Waals surface area contributed by atoms with Gasteiger partial charge in [-0.2, -0.15) is 0 Å². The average Bonchev–Trinajstić information content (AvgIpc) is 3.43. The summed E-state index contributed by atoms with van der Waals surface area (Å²) in [6, 6.07) is 0.227. The van der Waals surface area contributed by atoms with Crippen LogP contribution in [0, 0.1) is 11.3 Å². The van der Waals surface area contributed by atoms with Crippen LogP contribution in [0.2, 0.25) is 0 Å². The summed E-state index contributed by atoms with van der Waals surface area (Å²) in [4.78, 5) is 16.8. The predicted octanol–water partition coefficient (Wildman–Crippen LogP) is -0.570. The number of fused-ring (bicyclic) bond motifs is 1. The first-order valence-electron chi connectivity index (χ1n) is 15.0. The lowest BCUT2D eigenvalue weighted by atomic mass is 9.71. The Kier molecular flexibility index (Phi) is 10.5. The molecule has 4 fully saturated rings. The molecule has 12 heteroatoms. The van der Waals surface area contributed by atoms with E-state index in [1.54, 1.807) is 0 Å². The molecule has 0 aromatic rings. The number of nitrogens with two attached hydrogens (primary N) is 1. The van der Waals surface area contributed by atoms with E-state index in [2.05, 4.69) is 59.2 Å². The Balaban J connectivity index is 1.18. The Labute approximate surface area is 234 Å². The van der Waals surface area contributed by atoms with Gasteiger partial charge >= 0.3 is 6.03 Å². The van der Waals surface area contributed by atoms with Crippen LogP contribution in [0.3, 0.4) is 0 Å². The van der Waals surface area contributed by atoms with Gasteiger partial charge in [-0.3, -0.25) is 16.0 Å². The van der Waals surface area contributed by atoms with Crippen molar-refractivity contribution in [3.63, 3.8) is 0 Å². The van der Waals surface area contributed by atoms with E-state index in [0.717, 1.165) is 51.0 Å². The maximum absolute atomic E-state index is 12.7. The molecule has 1 aliphatic carbocycles. The molecule has 0 radical (unpaired) electrons. The SMILES string of the molecule is CCC(CCN(C)CC1OC(N2CNC3C(N)NCNC32)[C@H](O)[C@@H]1O)NC(=O)NC1CCC(C(C)(C)C)CC1. The molecule has 1 saturated carbocycles. The summed E-state index contributed by atoms with van der Waals surface area (Å²) in [6.45, 7) is 11.3. The summed E-state index contributed by atoms with van der Waals surface area (Å²) < 4.78 is 6.20. The zero-order valence-electron chi connectivity index (χ0n) is 24.5. The molecule has 39 heavy (non-hydrogen) atoms. The zero-order chi connectivity index (χ0) is 28.3. The number of likely N-dealkylation sites (N-methyl/N-ethyl adjacent to an activating group) is 1. The lowest BCUT2D eigenvalue weighted by Crippen LogP contribution is -2.68. The van der Waals surface area contributed by atoms with E-state index in [0.29, 0.717) is 25.3 Å². The van der Waals surface area contributed by atoms with E-state index in [9.17, 15) is 15.0 Å². The van der Waals surface area contributed by atoms with Gasteiger partial charge in [-0.05, 0) is 63.5 Å². The van der Waals surface area contributed by atoms with E-state index in [-0.39, 0.29) is 36.5 Å². The summed E-state index contributed by atoms with van der Waals surface area (Å²) in [5, 5.41) is 37.8. The molecule has 12 nitrogen and oxygen atoms in total. The number of nitrogens with one attached hydrogen (secondary N) is 5. The van der Waals surface area contributed by atoms with Gasteiger partial charge in [-0.15, -0.1) is 0 Å². The predicted molar refractivity (Wildman–Crippen MR) is 150 cm³/mol. The molecular weight excluding hydrogens is 500 g/mol. The number of carbonyl (C=O) groups is 1. The maximum Gasteiger partial charge on any atom is 0.315 e.